The standard InChI is InChI=1S/C13H22N2O2/c1-13(2,15-8-6-14-7-9-15)12(16)11-5-3-4-10-17-11/h5,14H,3-4,6-10H2,1-2H3. The van der Waals surface area contributed by atoms with Gasteiger partial charge in [0.2, 0.25) is 5.78 Å². The summed E-state index contributed by atoms with van der Waals surface area (Å²) in [6.45, 7) is 8.43. The molecule has 4 heteroatoms. The smallest absolute Gasteiger partial charge is 0.216 e. The van der Waals surface area contributed by atoms with Crippen molar-refractivity contribution in [2.45, 2.75) is 32.2 Å². The van der Waals surface area contributed by atoms with Crippen LogP contribution in [0.3, 0.4) is 0 Å². The molecule has 4 nitrogen and oxygen atoms in total. The number of Topliss-reactive ketones (excluding diaryl/α,β-unsaturated/α-hetero) is 1. The zero-order valence-electron chi connectivity index (χ0n) is 10.8. The van der Waals surface area contributed by atoms with E-state index in [-0.39, 0.29) is 5.78 Å². The van der Waals surface area contributed by atoms with Crippen LogP contribution in [0.25, 0.3) is 0 Å². The zero-order chi connectivity index (χ0) is 12.3. The van der Waals surface area contributed by atoms with Gasteiger partial charge in [-0.3, -0.25) is 9.69 Å². The first kappa shape index (κ1) is 12.6. The van der Waals surface area contributed by atoms with Crippen LogP contribution in [0, 0.1) is 0 Å². The highest BCUT2D eigenvalue weighted by molar-refractivity contribution is 6.00. The summed E-state index contributed by atoms with van der Waals surface area (Å²) in [6, 6.07) is 0. The normalized spacial score (nSPS) is 22.8. The SMILES string of the molecule is CC(C)(C(=O)C1=CCCCO1)N1CCNCC1. The van der Waals surface area contributed by atoms with E-state index in [4.69, 9.17) is 4.74 Å². The van der Waals surface area contributed by atoms with E-state index in [0.29, 0.717) is 12.4 Å². The maximum atomic E-state index is 12.5. The van der Waals surface area contributed by atoms with Gasteiger partial charge in [0.05, 0.1) is 12.1 Å². The molecule has 0 amide bonds. The monoisotopic (exact) mass is 238 g/mol. The Labute approximate surface area is 103 Å². The summed E-state index contributed by atoms with van der Waals surface area (Å²) >= 11 is 0. The molecule has 1 saturated heterocycles. The Hall–Kier alpha value is -0.870. The fourth-order valence-corrected chi connectivity index (χ4v) is 2.38. The summed E-state index contributed by atoms with van der Waals surface area (Å²) in [6.07, 6.45) is 3.92. The van der Waals surface area contributed by atoms with E-state index in [1.807, 2.05) is 19.9 Å². The summed E-state index contributed by atoms with van der Waals surface area (Å²) in [5, 5.41) is 3.31. The van der Waals surface area contributed by atoms with Crippen molar-refractivity contribution in [3.05, 3.63) is 11.8 Å². The molecule has 0 bridgehead atoms. The highest BCUT2D eigenvalue weighted by Crippen LogP contribution is 2.23. The highest BCUT2D eigenvalue weighted by atomic mass is 16.5. The molecule has 0 radical (unpaired) electrons. The molecule has 0 saturated carbocycles. The van der Waals surface area contributed by atoms with Crippen molar-refractivity contribution in [1.29, 1.82) is 0 Å². The number of ether oxygens (including phenoxy) is 1. The first-order valence-electron chi connectivity index (χ1n) is 6.46. The third-order valence-corrected chi connectivity index (χ3v) is 3.62. The molecule has 0 aromatic carbocycles. The third-order valence-electron chi connectivity index (χ3n) is 3.62. The van der Waals surface area contributed by atoms with Gasteiger partial charge in [-0.2, -0.15) is 0 Å². The zero-order valence-corrected chi connectivity index (χ0v) is 10.8. The Morgan fingerprint density at radius 3 is 2.71 bits per heavy atom. The maximum absolute atomic E-state index is 12.5. The van der Waals surface area contributed by atoms with Gasteiger partial charge >= 0.3 is 0 Å². The first-order valence-corrected chi connectivity index (χ1v) is 6.46. The fourth-order valence-electron chi connectivity index (χ4n) is 2.38. The summed E-state index contributed by atoms with van der Waals surface area (Å²) in [5.41, 5.74) is -0.453. The van der Waals surface area contributed by atoms with E-state index in [0.717, 1.165) is 39.0 Å². The summed E-state index contributed by atoms with van der Waals surface area (Å²) in [5.74, 6) is 0.693. The van der Waals surface area contributed by atoms with Crippen molar-refractivity contribution in [2.75, 3.05) is 32.8 Å². The second-order valence-corrected chi connectivity index (χ2v) is 5.18. The lowest BCUT2D eigenvalue weighted by Crippen LogP contribution is -2.57. The predicted molar refractivity (Wildman–Crippen MR) is 66.8 cm³/mol. The second-order valence-electron chi connectivity index (χ2n) is 5.18. The molecule has 1 N–H and O–H groups in total. The quantitative estimate of drug-likeness (QED) is 0.794. The molecule has 2 aliphatic rings. The number of allylic oxidation sites excluding steroid dienone is 1. The third kappa shape index (κ3) is 2.69. The molecule has 0 aromatic rings. The predicted octanol–water partition coefficient (Wildman–Crippen LogP) is 0.934. The molecule has 17 heavy (non-hydrogen) atoms. The van der Waals surface area contributed by atoms with Crippen molar-refractivity contribution >= 4 is 5.78 Å². The Balaban J connectivity index is 2.07. The van der Waals surface area contributed by atoms with E-state index in [9.17, 15) is 4.79 Å². The van der Waals surface area contributed by atoms with E-state index in [2.05, 4.69) is 10.2 Å². The fraction of sp³-hybridized carbons (Fsp3) is 0.769. The van der Waals surface area contributed by atoms with Gasteiger partial charge < -0.3 is 10.1 Å². The minimum atomic E-state index is -0.453. The number of piperazine rings is 1. The number of hydrogen-bond acceptors (Lipinski definition) is 4. The van der Waals surface area contributed by atoms with E-state index >= 15 is 0 Å². The topological polar surface area (TPSA) is 41.6 Å². The van der Waals surface area contributed by atoms with Crippen LogP contribution in [0.15, 0.2) is 11.8 Å². The van der Waals surface area contributed by atoms with Crippen LogP contribution in [0.4, 0.5) is 0 Å². The molecule has 0 unspecified atom stereocenters. The van der Waals surface area contributed by atoms with Crippen LogP contribution in [0.1, 0.15) is 26.7 Å². The van der Waals surface area contributed by atoms with Gasteiger partial charge in [0, 0.05) is 26.2 Å². The number of carbonyl (C=O) groups is 1. The van der Waals surface area contributed by atoms with Gasteiger partial charge in [0.1, 0.15) is 0 Å². The Morgan fingerprint density at radius 1 is 1.41 bits per heavy atom. The van der Waals surface area contributed by atoms with Gasteiger partial charge in [-0.05, 0) is 32.8 Å². The van der Waals surface area contributed by atoms with Crippen LogP contribution in [-0.2, 0) is 9.53 Å². The molecule has 96 valence electrons. The summed E-state index contributed by atoms with van der Waals surface area (Å²) in [4.78, 5) is 14.7. The largest absolute Gasteiger partial charge is 0.490 e. The number of carbonyl (C=O) groups excluding carboxylic acids is 1. The van der Waals surface area contributed by atoms with Gasteiger partial charge in [-0.15, -0.1) is 0 Å². The lowest BCUT2D eigenvalue weighted by molar-refractivity contribution is -0.129. The van der Waals surface area contributed by atoms with E-state index < -0.39 is 5.54 Å². The molecule has 0 aliphatic carbocycles. The van der Waals surface area contributed by atoms with Crippen LogP contribution in [0.5, 0.6) is 0 Å². The van der Waals surface area contributed by atoms with Crippen molar-refractivity contribution in [2.24, 2.45) is 0 Å². The van der Waals surface area contributed by atoms with Crippen molar-refractivity contribution in [3.8, 4) is 0 Å². The van der Waals surface area contributed by atoms with Gasteiger partial charge in [-0.1, -0.05) is 0 Å². The Bertz CT molecular complexity index is 317. The molecule has 0 aromatic heterocycles. The number of nitrogens with one attached hydrogen (secondary N) is 1. The molecule has 2 heterocycles. The first-order chi connectivity index (χ1) is 8.12. The number of nitrogens with zero attached hydrogens (tertiary/aromatic N) is 1. The Morgan fingerprint density at radius 2 is 2.12 bits per heavy atom. The molecule has 2 rings (SSSR count). The molecule has 1 fully saturated rings. The van der Waals surface area contributed by atoms with Crippen LogP contribution in [0.2, 0.25) is 0 Å². The highest BCUT2D eigenvalue weighted by Gasteiger charge is 2.37. The number of ketones is 1. The minimum absolute atomic E-state index is 0.124. The molecule has 0 atom stereocenters. The summed E-state index contributed by atoms with van der Waals surface area (Å²) in [7, 11) is 0. The van der Waals surface area contributed by atoms with E-state index in [1.54, 1.807) is 0 Å². The van der Waals surface area contributed by atoms with Crippen LogP contribution >= 0.6 is 0 Å². The van der Waals surface area contributed by atoms with Crippen LogP contribution < -0.4 is 5.32 Å². The minimum Gasteiger partial charge on any atom is -0.490 e. The molecule has 0 spiro atoms. The lowest BCUT2D eigenvalue weighted by atomic mass is 9.93. The van der Waals surface area contributed by atoms with E-state index in [1.165, 1.54) is 0 Å². The molecular weight excluding hydrogens is 216 g/mol. The number of hydrogen-bond donors (Lipinski definition) is 1. The van der Waals surface area contributed by atoms with Crippen LogP contribution in [-0.4, -0.2) is 49.0 Å². The molecular formula is C13H22N2O2. The average molecular weight is 238 g/mol. The maximum Gasteiger partial charge on any atom is 0.216 e. The van der Waals surface area contributed by atoms with Crippen molar-refractivity contribution < 1.29 is 9.53 Å². The van der Waals surface area contributed by atoms with Crippen molar-refractivity contribution in [3.63, 3.8) is 0 Å². The van der Waals surface area contributed by atoms with Gasteiger partial charge in [0.25, 0.3) is 0 Å². The Kier molecular flexibility index (Phi) is 3.84. The second kappa shape index (κ2) is 5.19. The number of rotatable bonds is 3. The average Bonchev–Trinajstić information content (AvgIpc) is 2.40. The van der Waals surface area contributed by atoms with Gasteiger partial charge in [0.15, 0.2) is 5.76 Å². The van der Waals surface area contributed by atoms with Crippen molar-refractivity contribution in [1.82, 2.24) is 10.2 Å². The lowest BCUT2D eigenvalue weighted by Gasteiger charge is -2.40. The molecule has 2 aliphatic heterocycles. The van der Waals surface area contributed by atoms with Gasteiger partial charge in [-0.25, -0.2) is 0 Å². The summed E-state index contributed by atoms with van der Waals surface area (Å²) < 4.78 is 5.49.